The summed E-state index contributed by atoms with van der Waals surface area (Å²) in [5, 5.41) is 4.46. The van der Waals surface area contributed by atoms with Gasteiger partial charge in [0.1, 0.15) is 11.2 Å². The lowest BCUT2D eigenvalue weighted by atomic mass is 9.87. The van der Waals surface area contributed by atoms with Gasteiger partial charge in [-0.2, -0.15) is 0 Å². The van der Waals surface area contributed by atoms with Gasteiger partial charge in [0, 0.05) is 74.7 Å². The number of pyridine rings is 2. The van der Waals surface area contributed by atoms with E-state index >= 15 is 0 Å². The maximum absolute atomic E-state index is 6.69. The number of fused-ring (bicyclic) bond motifs is 6. The standard InChI is InChI=1S/C57H41N5O/c1-36-13-12-30-61-57(36)49-35-56-48(34-44(49)52-20-8-11-29-60-52)47-33-39(23-26-55(47)63-56)62-53-24-21-37(40-14-2-4-16-42(40)50-18-6-9-27-58-50)31-45(53)46-32-38(22-25-54(46)62)41-15-3-5-17-43(41)51-19-7-10-28-59-51/h2-7,9-10,12-36,57H,8,11H2,1H3. The van der Waals surface area contributed by atoms with Crippen molar-refractivity contribution in [3.63, 3.8) is 0 Å². The van der Waals surface area contributed by atoms with Gasteiger partial charge in [0.05, 0.1) is 34.2 Å². The van der Waals surface area contributed by atoms with Crippen molar-refractivity contribution in [3.05, 3.63) is 193 Å². The fraction of sp³-hybridized carbons (Fsp3) is 0.0877. The summed E-state index contributed by atoms with van der Waals surface area (Å²) < 4.78 is 9.09. The van der Waals surface area contributed by atoms with Gasteiger partial charge in [0.2, 0.25) is 0 Å². The third-order valence-corrected chi connectivity index (χ3v) is 12.7. The smallest absolute Gasteiger partial charge is 0.135 e. The Labute approximate surface area is 365 Å². The van der Waals surface area contributed by atoms with Crippen LogP contribution >= 0.6 is 0 Å². The van der Waals surface area contributed by atoms with Crippen LogP contribution in [0.2, 0.25) is 0 Å². The van der Waals surface area contributed by atoms with Crippen LogP contribution in [0.1, 0.15) is 36.9 Å². The first kappa shape index (κ1) is 36.9. The van der Waals surface area contributed by atoms with Crippen molar-refractivity contribution in [1.29, 1.82) is 0 Å². The molecule has 2 aliphatic heterocycles. The molecule has 10 aromatic rings. The van der Waals surface area contributed by atoms with E-state index in [4.69, 9.17) is 24.4 Å². The van der Waals surface area contributed by atoms with Crippen molar-refractivity contribution in [2.45, 2.75) is 25.8 Å². The molecule has 2 unspecified atom stereocenters. The van der Waals surface area contributed by atoms with Crippen LogP contribution in [-0.2, 0) is 0 Å². The SMILES string of the molecule is CC1C=CC=NC1c1cc2oc3ccc(-n4c5ccc(-c6ccccc6-c6ccccn6)cc5c5cc(-c6ccccc6-c6ccccn6)ccc54)cc3c2cc1C1=CCCC=N1. The zero-order chi connectivity index (χ0) is 41.9. The molecular weight excluding hydrogens is 771 g/mol. The lowest BCUT2D eigenvalue weighted by molar-refractivity contribution is 0.564. The summed E-state index contributed by atoms with van der Waals surface area (Å²) in [5.41, 5.74) is 16.9. The number of dihydropyridines is 1. The van der Waals surface area contributed by atoms with Crippen molar-refractivity contribution < 1.29 is 4.42 Å². The van der Waals surface area contributed by atoms with Gasteiger partial charge in [0.25, 0.3) is 0 Å². The fourth-order valence-electron chi connectivity index (χ4n) is 9.69. The summed E-state index contributed by atoms with van der Waals surface area (Å²) in [6, 6.07) is 54.1. The van der Waals surface area contributed by atoms with Gasteiger partial charge < -0.3 is 8.98 Å². The molecule has 0 amide bonds. The number of aromatic nitrogens is 3. The molecule has 63 heavy (non-hydrogen) atoms. The first-order valence-electron chi connectivity index (χ1n) is 21.7. The molecule has 0 aliphatic carbocycles. The molecule has 0 fully saturated rings. The van der Waals surface area contributed by atoms with Crippen LogP contribution in [0.15, 0.2) is 197 Å². The Kier molecular flexibility index (Phi) is 8.89. The number of hydrogen-bond donors (Lipinski definition) is 0. The van der Waals surface area contributed by atoms with Crippen LogP contribution < -0.4 is 0 Å². The highest BCUT2D eigenvalue weighted by Gasteiger charge is 2.25. The molecule has 6 heteroatoms. The predicted octanol–water partition coefficient (Wildman–Crippen LogP) is 14.7. The molecule has 0 bridgehead atoms. The van der Waals surface area contributed by atoms with Gasteiger partial charge >= 0.3 is 0 Å². The molecule has 0 saturated heterocycles. The number of aliphatic imine (C=N–C) groups is 2. The Hall–Kier alpha value is -7.96. The van der Waals surface area contributed by atoms with Gasteiger partial charge in [-0.1, -0.05) is 91.9 Å². The second-order valence-corrected chi connectivity index (χ2v) is 16.5. The molecule has 6 heterocycles. The van der Waals surface area contributed by atoms with E-state index in [0.717, 1.165) is 124 Å². The van der Waals surface area contributed by atoms with Crippen LogP contribution in [0.4, 0.5) is 0 Å². The Morgan fingerprint density at radius 2 is 1.19 bits per heavy atom. The van der Waals surface area contributed by atoms with Gasteiger partial charge in [-0.15, -0.1) is 0 Å². The number of furan rings is 1. The third kappa shape index (κ3) is 6.33. The number of rotatable bonds is 7. The van der Waals surface area contributed by atoms with Gasteiger partial charge in [0.15, 0.2) is 0 Å². The first-order valence-corrected chi connectivity index (χ1v) is 21.7. The van der Waals surface area contributed by atoms with Crippen LogP contribution in [0.25, 0.3) is 99.9 Å². The van der Waals surface area contributed by atoms with Gasteiger partial charge in [-0.25, -0.2) is 0 Å². The molecule has 2 atom stereocenters. The topological polar surface area (TPSA) is 68.6 Å². The Bertz CT molecular complexity index is 3400. The van der Waals surface area contributed by atoms with E-state index in [2.05, 4.69) is 151 Å². The monoisotopic (exact) mass is 811 g/mol. The Morgan fingerprint density at radius 3 is 1.79 bits per heavy atom. The second-order valence-electron chi connectivity index (χ2n) is 16.5. The van der Waals surface area contributed by atoms with E-state index in [-0.39, 0.29) is 12.0 Å². The summed E-state index contributed by atoms with van der Waals surface area (Å²) in [5.74, 6) is 0.249. The minimum absolute atomic E-state index is 0.0181. The van der Waals surface area contributed by atoms with Crippen LogP contribution in [-0.4, -0.2) is 27.0 Å². The summed E-state index contributed by atoms with van der Waals surface area (Å²) in [7, 11) is 0. The van der Waals surface area contributed by atoms with Crippen molar-refractivity contribution in [3.8, 4) is 50.5 Å². The predicted molar refractivity (Wildman–Crippen MR) is 261 cm³/mol. The number of benzene rings is 6. The largest absolute Gasteiger partial charge is 0.456 e. The summed E-state index contributed by atoms with van der Waals surface area (Å²) in [6.45, 7) is 2.23. The van der Waals surface area contributed by atoms with Crippen molar-refractivity contribution in [2.24, 2.45) is 15.9 Å². The molecule has 0 N–H and O–H groups in total. The van der Waals surface area contributed by atoms with Crippen molar-refractivity contribution >= 4 is 61.9 Å². The van der Waals surface area contributed by atoms with E-state index in [0.29, 0.717) is 0 Å². The van der Waals surface area contributed by atoms with Gasteiger partial charge in [-0.05, 0) is 126 Å². The maximum atomic E-state index is 6.69. The Balaban J connectivity index is 1.08. The highest BCUT2D eigenvalue weighted by molar-refractivity contribution is 6.13. The second kappa shape index (κ2) is 15.2. The van der Waals surface area contributed by atoms with Crippen molar-refractivity contribution in [1.82, 2.24) is 14.5 Å². The molecule has 6 nitrogen and oxygen atoms in total. The zero-order valence-corrected chi connectivity index (χ0v) is 34.7. The molecule has 300 valence electrons. The quantitative estimate of drug-likeness (QED) is 0.161. The first-order chi connectivity index (χ1) is 31.2. The highest BCUT2D eigenvalue weighted by Crippen LogP contribution is 2.44. The molecular formula is C57H41N5O. The van der Waals surface area contributed by atoms with E-state index in [1.54, 1.807) is 0 Å². The van der Waals surface area contributed by atoms with E-state index < -0.39 is 0 Å². The number of hydrogen-bond acceptors (Lipinski definition) is 5. The Morgan fingerprint density at radius 1 is 0.556 bits per heavy atom. The zero-order valence-electron chi connectivity index (χ0n) is 34.7. The summed E-state index contributed by atoms with van der Waals surface area (Å²) in [4.78, 5) is 19.3. The van der Waals surface area contributed by atoms with Crippen LogP contribution in [0.5, 0.6) is 0 Å². The molecule has 0 saturated carbocycles. The minimum atomic E-state index is -0.0181. The average Bonchev–Trinajstić information content (AvgIpc) is 3.88. The number of allylic oxidation sites excluding steroid dienone is 2. The van der Waals surface area contributed by atoms with Gasteiger partial charge in [-0.3, -0.25) is 20.0 Å². The maximum Gasteiger partial charge on any atom is 0.135 e. The molecule has 0 spiro atoms. The van der Waals surface area contributed by atoms with Crippen molar-refractivity contribution in [2.75, 3.05) is 0 Å². The molecule has 2 aliphatic rings. The molecule has 4 aromatic heterocycles. The summed E-state index contributed by atoms with van der Waals surface area (Å²) >= 11 is 0. The lowest BCUT2D eigenvalue weighted by Crippen LogP contribution is -2.11. The minimum Gasteiger partial charge on any atom is -0.456 e. The molecule has 0 radical (unpaired) electrons. The van der Waals surface area contributed by atoms with E-state index in [1.165, 1.54) is 0 Å². The lowest BCUT2D eigenvalue weighted by Gasteiger charge is -2.23. The normalized spacial score (nSPS) is 16.1. The van der Waals surface area contributed by atoms with E-state index in [1.807, 2.05) is 55.2 Å². The van der Waals surface area contributed by atoms with Crippen LogP contribution in [0, 0.1) is 5.92 Å². The summed E-state index contributed by atoms with van der Waals surface area (Å²) in [6.07, 6.45) is 16.1. The fourth-order valence-corrected chi connectivity index (χ4v) is 9.69. The number of nitrogens with zero attached hydrogens (tertiary/aromatic N) is 5. The average molecular weight is 812 g/mol. The molecule has 12 rings (SSSR count). The van der Waals surface area contributed by atoms with Crippen LogP contribution in [0.3, 0.4) is 0 Å². The highest BCUT2D eigenvalue weighted by atomic mass is 16.3. The molecule has 6 aromatic carbocycles. The van der Waals surface area contributed by atoms with E-state index in [9.17, 15) is 0 Å². The third-order valence-electron chi connectivity index (χ3n) is 12.7.